The average molecular weight is 355 g/mol. The van der Waals surface area contributed by atoms with Gasteiger partial charge < -0.3 is 10.1 Å². The van der Waals surface area contributed by atoms with E-state index in [1.54, 1.807) is 18.4 Å². The highest BCUT2D eigenvalue weighted by atomic mass is 79.9. The first-order valence-corrected chi connectivity index (χ1v) is 8.31. The van der Waals surface area contributed by atoms with E-state index >= 15 is 0 Å². The second-order valence-corrected chi connectivity index (χ2v) is 6.35. The summed E-state index contributed by atoms with van der Waals surface area (Å²) in [4.78, 5) is 4.62. The first-order chi connectivity index (χ1) is 9.65. The van der Waals surface area contributed by atoms with Crippen LogP contribution in [-0.4, -0.2) is 18.6 Å². The largest absolute Gasteiger partial charge is 0.496 e. The van der Waals surface area contributed by atoms with Gasteiger partial charge >= 0.3 is 0 Å². The summed E-state index contributed by atoms with van der Waals surface area (Å²) >= 11 is 5.25. The Bertz CT molecular complexity index is 571. The summed E-state index contributed by atoms with van der Waals surface area (Å²) in [5.41, 5.74) is 2.27. The number of nitrogens with one attached hydrogen (secondary N) is 1. The fourth-order valence-electron chi connectivity index (χ4n) is 2.00. The van der Waals surface area contributed by atoms with Crippen LogP contribution >= 0.6 is 27.3 Å². The molecule has 0 aliphatic rings. The van der Waals surface area contributed by atoms with Gasteiger partial charge in [-0.15, -0.1) is 11.3 Å². The third-order valence-electron chi connectivity index (χ3n) is 2.99. The van der Waals surface area contributed by atoms with Crippen molar-refractivity contribution in [2.45, 2.75) is 26.3 Å². The van der Waals surface area contributed by atoms with Crippen molar-refractivity contribution in [3.63, 3.8) is 0 Å². The smallest absolute Gasteiger partial charge is 0.133 e. The summed E-state index contributed by atoms with van der Waals surface area (Å²) in [6, 6.07) is 6.31. The van der Waals surface area contributed by atoms with Crippen LogP contribution in [0.1, 0.15) is 35.7 Å². The number of benzene rings is 1. The molecule has 20 heavy (non-hydrogen) atoms. The van der Waals surface area contributed by atoms with Gasteiger partial charge in [-0.25, -0.2) is 4.98 Å². The molecule has 3 nitrogen and oxygen atoms in total. The monoisotopic (exact) mass is 354 g/mol. The highest BCUT2D eigenvalue weighted by Crippen LogP contribution is 2.31. The molecule has 0 fully saturated rings. The van der Waals surface area contributed by atoms with E-state index < -0.39 is 0 Å². The molecule has 1 unspecified atom stereocenters. The zero-order valence-electron chi connectivity index (χ0n) is 11.9. The van der Waals surface area contributed by atoms with Crippen LogP contribution in [0.4, 0.5) is 0 Å². The third kappa shape index (κ3) is 3.59. The van der Waals surface area contributed by atoms with E-state index in [0.717, 1.165) is 33.9 Å². The third-order valence-corrected chi connectivity index (χ3v) is 4.64. The predicted molar refractivity (Wildman–Crippen MR) is 87.7 cm³/mol. The van der Waals surface area contributed by atoms with Crippen LogP contribution in [0.25, 0.3) is 0 Å². The van der Waals surface area contributed by atoms with Crippen LogP contribution in [0.2, 0.25) is 0 Å². The fourth-order valence-corrected chi connectivity index (χ4v) is 3.46. The lowest BCUT2D eigenvalue weighted by molar-refractivity contribution is 0.411. The van der Waals surface area contributed by atoms with Gasteiger partial charge in [0.15, 0.2) is 0 Å². The van der Waals surface area contributed by atoms with Gasteiger partial charge in [0.25, 0.3) is 0 Å². The van der Waals surface area contributed by atoms with Crippen molar-refractivity contribution in [1.29, 1.82) is 0 Å². The summed E-state index contributed by atoms with van der Waals surface area (Å²) in [7, 11) is 1.68. The lowest BCUT2D eigenvalue weighted by Gasteiger charge is -2.17. The zero-order chi connectivity index (χ0) is 14.5. The molecule has 0 bridgehead atoms. The Hall–Kier alpha value is -0.910. The number of nitrogens with zero attached hydrogens (tertiary/aromatic N) is 1. The Labute approximate surface area is 132 Å². The summed E-state index contributed by atoms with van der Waals surface area (Å²) in [6.07, 6.45) is 1.10. The van der Waals surface area contributed by atoms with E-state index in [0.29, 0.717) is 0 Å². The topological polar surface area (TPSA) is 34.1 Å². The van der Waals surface area contributed by atoms with Crippen molar-refractivity contribution in [2.75, 3.05) is 13.7 Å². The van der Waals surface area contributed by atoms with Crippen LogP contribution < -0.4 is 10.1 Å². The zero-order valence-corrected chi connectivity index (χ0v) is 14.3. The molecule has 1 heterocycles. The Morgan fingerprint density at radius 1 is 1.45 bits per heavy atom. The van der Waals surface area contributed by atoms with Crippen LogP contribution in [0.3, 0.4) is 0 Å². The number of hydrogen-bond acceptors (Lipinski definition) is 4. The number of aryl methyl sites for hydroxylation is 1. The molecule has 0 spiro atoms. The van der Waals surface area contributed by atoms with Gasteiger partial charge in [-0.05, 0) is 53.5 Å². The minimum atomic E-state index is 0.135. The van der Waals surface area contributed by atoms with E-state index in [-0.39, 0.29) is 6.04 Å². The number of halogens is 1. The first kappa shape index (κ1) is 15.5. The van der Waals surface area contributed by atoms with Gasteiger partial charge in [-0.1, -0.05) is 13.0 Å². The Balaban J connectivity index is 2.33. The van der Waals surface area contributed by atoms with E-state index in [9.17, 15) is 0 Å². The number of ether oxygens (including phenoxy) is 1. The van der Waals surface area contributed by atoms with E-state index in [1.807, 2.05) is 13.0 Å². The molecule has 1 aromatic heterocycles. The van der Waals surface area contributed by atoms with Crippen LogP contribution in [0.15, 0.2) is 28.1 Å². The van der Waals surface area contributed by atoms with Gasteiger partial charge in [-0.3, -0.25) is 0 Å². The van der Waals surface area contributed by atoms with Crippen molar-refractivity contribution >= 4 is 27.3 Å². The van der Waals surface area contributed by atoms with Crippen molar-refractivity contribution in [3.05, 3.63) is 44.3 Å². The van der Waals surface area contributed by atoms with E-state index in [4.69, 9.17) is 4.74 Å². The molecule has 108 valence electrons. The first-order valence-electron chi connectivity index (χ1n) is 6.64. The maximum absolute atomic E-state index is 5.29. The lowest BCUT2D eigenvalue weighted by Crippen LogP contribution is -2.23. The molecule has 1 N–H and O–H groups in total. The molecule has 0 radical (unpaired) electrons. The van der Waals surface area contributed by atoms with E-state index in [2.05, 4.69) is 50.7 Å². The minimum Gasteiger partial charge on any atom is -0.496 e. The van der Waals surface area contributed by atoms with Gasteiger partial charge in [0.2, 0.25) is 0 Å². The lowest BCUT2D eigenvalue weighted by atomic mass is 10.1. The predicted octanol–water partition coefficient (Wildman–Crippen LogP) is 4.31. The van der Waals surface area contributed by atoms with Crippen LogP contribution in [-0.2, 0) is 0 Å². The SMILES string of the molecule is CCCNC(c1ccc(OC)c(Br)c1)c1nc(C)cs1. The standard InChI is InChI=1S/C15H19BrN2OS/c1-4-7-17-14(15-18-10(2)9-20-15)11-5-6-13(19-3)12(16)8-11/h5-6,8-9,14,17H,4,7H2,1-3H3. The fraction of sp³-hybridized carbons (Fsp3) is 0.400. The van der Waals surface area contributed by atoms with E-state index in [1.165, 1.54) is 5.56 Å². The van der Waals surface area contributed by atoms with Gasteiger partial charge in [0.05, 0.1) is 17.6 Å². The molecule has 0 amide bonds. The number of aromatic nitrogens is 1. The Morgan fingerprint density at radius 2 is 2.25 bits per heavy atom. The molecule has 2 aromatic rings. The number of rotatable bonds is 6. The number of hydrogen-bond donors (Lipinski definition) is 1. The normalized spacial score (nSPS) is 12.4. The van der Waals surface area contributed by atoms with Gasteiger partial charge in [-0.2, -0.15) is 0 Å². The minimum absolute atomic E-state index is 0.135. The number of methoxy groups -OCH3 is 1. The maximum Gasteiger partial charge on any atom is 0.133 e. The molecule has 0 aliphatic carbocycles. The summed E-state index contributed by atoms with van der Waals surface area (Å²) in [5.74, 6) is 0.846. The Morgan fingerprint density at radius 3 is 2.80 bits per heavy atom. The molecule has 5 heteroatoms. The van der Waals surface area contributed by atoms with Gasteiger partial charge in [0.1, 0.15) is 10.8 Å². The second kappa shape index (κ2) is 7.20. The van der Waals surface area contributed by atoms with Crippen LogP contribution in [0.5, 0.6) is 5.75 Å². The summed E-state index contributed by atoms with van der Waals surface area (Å²) in [5, 5.41) is 6.76. The molecule has 2 rings (SSSR count). The summed E-state index contributed by atoms with van der Waals surface area (Å²) in [6.45, 7) is 5.16. The molecule has 0 aliphatic heterocycles. The summed E-state index contributed by atoms with van der Waals surface area (Å²) < 4.78 is 6.26. The van der Waals surface area contributed by atoms with Crippen LogP contribution in [0, 0.1) is 6.92 Å². The quantitative estimate of drug-likeness (QED) is 0.838. The second-order valence-electron chi connectivity index (χ2n) is 4.61. The van der Waals surface area contributed by atoms with Crippen molar-refractivity contribution < 1.29 is 4.74 Å². The van der Waals surface area contributed by atoms with Crippen molar-refractivity contribution in [1.82, 2.24) is 10.3 Å². The molecule has 1 aromatic carbocycles. The van der Waals surface area contributed by atoms with Crippen molar-refractivity contribution in [2.24, 2.45) is 0 Å². The molecule has 1 atom stereocenters. The molecule has 0 saturated heterocycles. The highest BCUT2D eigenvalue weighted by Gasteiger charge is 2.17. The molecular formula is C15H19BrN2OS. The molecular weight excluding hydrogens is 336 g/mol. The Kier molecular flexibility index (Phi) is 5.57. The van der Waals surface area contributed by atoms with Gasteiger partial charge in [0, 0.05) is 11.1 Å². The van der Waals surface area contributed by atoms with Crippen molar-refractivity contribution in [3.8, 4) is 5.75 Å². The molecule has 0 saturated carbocycles. The average Bonchev–Trinajstić information content (AvgIpc) is 2.86. The maximum atomic E-state index is 5.29. The number of thiazole rings is 1. The highest BCUT2D eigenvalue weighted by molar-refractivity contribution is 9.10.